The van der Waals surface area contributed by atoms with Gasteiger partial charge in [0.2, 0.25) is 0 Å². The van der Waals surface area contributed by atoms with Crippen LogP contribution in [0.4, 0.5) is 17.1 Å². The van der Waals surface area contributed by atoms with Crippen molar-refractivity contribution < 1.29 is 13.2 Å². The Hall–Kier alpha value is -3.36. The van der Waals surface area contributed by atoms with Gasteiger partial charge in [0.25, 0.3) is 15.9 Å². The van der Waals surface area contributed by atoms with E-state index >= 15 is 0 Å². The Morgan fingerprint density at radius 1 is 0.879 bits per heavy atom. The second kappa shape index (κ2) is 10.1. The van der Waals surface area contributed by atoms with Crippen molar-refractivity contribution in [1.82, 2.24) is 4.90 Å². The molecule has 3 aromatic carbocycles. The van der Waals surface area contributed by atoms with Gasteiger partial charge in [0.15, 0.2) is 0 Å². The summed E-state index contributed by atoms with van der Waals surface area (Å²) in [5.74, 6) is -0.312. The number of carbonyl (C=O) groups excluding carboxylic acids is 1. The summed E-state index contributed by atoms with van der Waals surface area (Å²) in [6, 6.07) is 22.6. The van der Waals surface area contributed by atoms with Crippen LogP contribution in [0.3, 0.4) is 0 Å². The maximum atomic E-state index is 13.0. The molecule has 0 saturated carbocycles. The van der Waals surface area contributed by atoms with Gasteiger partial charge in [-0.25, -0.2) is 8.42 Å². The zero-order valence-corrected chi connectivity index (χ0v) is 19.3. The minimum atomic E-state index is -3.74. The van der Waals surface area contributed by atoms with Crippen LogP contribution in [0.1, 0.15) is 23.2 Å². The summed E-state index contributed by atoms with van der Waals surface area (Å²) in [6.45, 7) is 2.08. The van der Waals surface area contributed by atoms with Crippen LogP contribution in [0.25, 0.3) is 0 Å². The molecule has 1 aliphatic rings. The van der Waals surface area contributed by atoms with Crippen molar-refractivity contribution in [1.29, 1.82) is 0 Å². The molecule has 4 rings (SSSR count). The van der Waals surface area contributed by atoms with Gasteiger partial charge in [-0.05, 0) is 75.4 Å². The van der Waals surface area contributed by atoms with Gasteiger partial charge in [0.05, 0.1) is 16.3 Å². The highest BCUT2D eigenvalue weighted by Gasteiger charge is 2.18. The Morgan fingerprint density at radius 3 is 2.27 bits per heavy atom. The lowest BCUT2D eigenvalue weighted by Gasteiger charge is -2.30. The second-order valence-electron chi connectivity index (χ2n) is 8.22. The van der Waals surface area contributed by atoms with E-state index in [0.717, 1.165) is 31.6 Å². The fourth-order valence-corrected chi connectivity index (χ4v) is 4.89. The van der Waals surface area contributed by atoms with Gasteiger partial charge in [-0.2, -0.15) is 0 Å². The van der Waals surface area contributed by atoms with Crippen molar-refractivity contribution in [2.45, 2.75) is 23.8 Å². The highest BCUT2D eigenvalue weighted by molar-refractivity contribution is 7.92. The number of nitrogens with one attached hydrogen (secondary N) is 3. The lowest BCUT2D eigenvalue weighted by atomic mass is 10.0. The number of amides is 1. The zero-order valence-electron chi connectivity index (χ0n) is 18.5. The van der Waals surface area contributed by atoms with Crippen molar-refractivity contribution in [2.75, 3.05) is 35.5 Å². The number of anilines is 3. The van der Waals surface area contributed by atoms with Gasteiger partial charge in [-0.3, -0.25) is 9.52 Å². The van der Waals surface area contributed by atoms with Gasteiger partial charge in [-0.15, -0.1) is 0 Å². The molecule has 0 aliphatic carbocycles. The van der Waals surface area contributed by atoms with Gasteiger partial charge in [-0.1, -0.05) is 36.4 Å². The topological polar surface area (TPSA) is 90.5 Å². The molecular formula is C25H28N4O3S. The minimum Gasteiger partial charge on any atom is -0.381 e. The average molecular weight is 465 g/mol. The van der Waals surface area contributed by atoms with Crippen LogP contribution in [0.15, 0.2) is 83.8 Å². The summed E-state index contributed by atoms with van der Waals surface area (Å²) in [6.07, 6.45) is 2.09. The molecule has 1 amide bonds. The van der Waals surface area contributed by atoms with Crippen LogP contribution in [0.5, 0.6) is 0 Å². The molecule has 0 unspecified atom stereocenters. The number of hydrogen-bond acceptors (Lipinski definition) is 5. The number of hydrogen-bond donors (Lipinski definition) is 3. The highest BCUT2D eigenvalue weighted by atomic mass is 32.2. The Balaban J connectivity index is 1.46. The van der Waals surface area contributed by atoms with E-state index in [-0.39, 0.29) is 10.8 Å². The maximum Gasteiger partial charge on any atom is 0.261 e. The Morgan fingerprint density at radius 2 is 1.55 bits per heavy atom. The number of rotatable bonds is 7. The molecule has 3 N–H and O–H groups in total. The number of benzene rings is 3. The van der Waals surface area contributed by atoms with Crippen LogP contribution in [-0.2, 0) is 10.0 Å². The first-order valence-electron chi connectivity index (χ1n) is 10.9. The van der Waals surface area contributed by atoms with E-state index in [9.17, 15) is 13.2 Å². The predicted octanol–water partition coefficient (Wildman–Crippen LogP) is 4.25. The summed E-state index contributed by atoms with van der Waals surface area (Å²) in [4.78, 5) is 15.4. The smallest absolute Gasteiger partial charge is 0.261 e. The molecule has 1 heterocycles. The Kier molecular flexibility index (Phi) is 6.96. The lowest BCUT2D eigenvalue weighted by molar-refractivity contribution is 0.102. The van der Waals surface area contributed by atoms with Crippen LogP contribution in [0.2, 0.25) is 0 Å². The molecule has 0 aromatic heterocycles. The third kappa shape index (κ3) is 5.91. The standard InChI is InChI=1S/C25H28N4O3S/c1-29-16-14-20(15-17-29)26-23-12-5-6-13-24(23)27-25(30)19-8-7-9-21(18-19)28-33(31,32)22-10-3-2-4-11-22/h2-13,18,20,26,28H,14-17H2,1H3,(H,27,30). The molecule has 1 saturated heterocycles. The summed E-state index contributed by atoms with van der Waals surface area (Å²) in [5.41, 5.74) is 2.25. The van der Waals surface area contributed by atoms with Gasteiger partial charge < -0.3 is 15.5 Å². The van der Waals surface area contributed by atoms with Crippen LogP contribution < -0.4 is 15.4 Å². The van der Waals surface area contributed by atoms with E-state index in [1.807, 2.05) is 24.3 Å². The van der Waals surface area contributed by atoms with E-state index in [0.29, 0.717) is 23.0 Å². The molecular weight excluding hydrogens is 436 g/mol. The number of nitrogens with zero attached hydrogens (tertiary/aromatic N) is 1. The van der Waals surface area contributed by atoms with Crippen molar-refractivity contribution in [3.8, 4) is 0 Å². The number of sulfonamides is 1. The molecule has 8 heteroatoms. The normalized spacial score (nSPS) is 15.1. The van der Waals surface area contributed by atoms with Gasteiger partial charge >= 0.3 is 0 Å². The predicted molar refractivity (Wildman–Crippen MR) is 132 cm³/mol. The molecule has 172 valence electrons. The molecule has 1 fully saturated rings. The highest BCUT2D eigenvalue weighted by Crippen LogP contribution is 2.25. The van der Waals surface area contributed by atoms with E-state index in [4.69, 9.17) is 0 Å². The molecule has 0 spiro atoms. The number of carbonyl (C=O) groups is 1. The molecule has 0 radical (unpaired) electrons. The van der Waals surface area contributed by atoms with Crippen molar-refractivity contribution >= 4 is 33.0 Å². The lowest BCUT2D eigenvalue weighted by Crippen LogP contribution is -2.36. The number of piperidine rings is 1. The minimum absolute atomic E-state index is 0.161. The molecule has 33 heavy (non-hydrogen) atoms. The number of likely N-dealkylation sites (tertiary alicyclic amines) is 1. The summed E-state index contributed by atoms with van der Waals surface area (Å²) in [7, 11) is -1.61. The molecule has 7 nitrogen and oxygen atoms in total. The van der Waals surface area contributed by atoms with E-state index in [2.05, 4.69) is 27.3 Å². The Bertz CT molecular complexity index is 1210. The zero-order chi connectivity index (χ0) is 23.3. The summed E-state index contributed by atoms with van der Waals surface area (Å²) in [5, 5.41) is 6.51. The Labute approximate surface area is 194 Å². The molecule has 0 atom stereocenters. The van der Waals surface area contributed by atoms with Crippen molar-refractivity contribution in [2.24, 2.45) is 0 Å². The monoisotopic (exact) mass is 464 g/mol. The van der Waals surface area contributed by atoms with Crippen LogP contribution in [-0.4, -0.2) is 45.4 Å². The fourth-order valence-electron chi connectivity index (χ4n) is 3.82. The van der Waals surface area contributed by atoms with E-state index in [1.54, 1.807) is 36.4 Å². The van der Waals surface area contributed by atoms with Crippen LogP contribution in [0, 0.1) is 0 Å². The first-order valence-corrected chi connectivity index (χ1v) is 12.4. The average Bonchev–Trinajstić information content (AvgIpc) is 2.82. The largest absolute Gasteiger partial charge is 0.381 e. The van der Waals surface area contributed by atoms with Crippen LogP contribution >= 0.6 is 0 Å². The third-order valence-electron chi connectivity index (χ3n) is 5.68. The third-order valence-corrected chi connectivity index (χ3v) is 7.08. The molecule has 1 aliphatic heterocycles. The maximum absolute atomic E-state index is 13.0. The SMILES string of the molecule is CN1CCC(Nc2ccccc2NC(=O)c2cccc(NS(=O)(=O)c3ccccc3)c2)CC1. The van der Waals surface area contributed by atoms with E-state index < -0.39 is 10.0 Å². The first-order chi connectivity index (χ1) is 15.9. The van der Waals surface area contributed by atoms with Gasteiger partial charge in [0.1, 0.15) is 0 Å². The first kappa shape index (κ1) is 22.8. The van der Waals surface area contributed by atoms with Crippen molar-refractivity contribution in [3.63, 3.8) is 0 Å². The second-order valence-corrected chi connectivity index (χ2v) is 9.90. The number of para-hydroxylation sites is 2. The fraction of sp³-hybridized carbons (Fsp3) is 0.240. The van der Waals surface area contributed by atoms with E-state index in [1.165, 1.54) is 18.2 Å². The summed E-state index contributed by atoms with van der Waals surface area (Å²) >= 11 is 0. The van der Waals surface area contributed by atoms with Gasteiger partial charge in [0, 0.05) is 17.3 Å². The molecule has 3 aromatic rings. The van der Waals surface area contributed by atoms with Crippen molar-refractivity contribution in [3.05, 3.63) is 84.4 Å². The summed E-state index contributed by atoms with van der Waals surface area (Å²) < 4.78 is 27.7. The quantitative estimate of drug-likeness (QED) is 0.486. The molecule has 0 bridgehead atoms.